The molecule has 0 spiro atoms. The summed E-state index contributed by atoms with van der Waals surface area (Å²) in [7, 11) is 3.35. The predicted molar refractivity (Wildman–Crippen MR) is 45.4 cm³/mol. The minimum absolute atomic E-state index is 0.312. The van der Waals surface area contributed by atoms with Gasteiger partial charge in [0.25, 0.3) is 0 Å². The van der Waals surface area contributed by atoms with E-state index in [-0.39, 0.29) is 6.61 Å². The third-order valence-electron chi connectivity index (χ3n) is 0.783. The van der Waals surface area contributed by atoms with Crippen LogP contribution in [0.3, 0.4) is 0 Å². The molecule has 0 aromatic heterocycles. The van der Waals surface area contributed by atoms with Crippen LogP contribution in [-0.2, 0) is 0 Å². The Morgan fingerprint density at radius 3 is 2.33 bits per heavy atom. The lowest BCUT2D eigenvalue weighted by Crippen LogP contribution is -2.24. The largest absolute Gasteiger partial charge is 0.394 e. The van der Waals surface area contributed by atoms with E-state index >= 15 is 0 Å². The van der Waals surface area contributed by atoms with E-state index in [0.29, 0.717) is 16.2 Å². The first kappa shape index (κ1) is 10.2. The second-order valence-corrected chi connectivity index (χ2v) is 6.98. The van der Waals surface area contributed by atoms with Crippen LogP contribution in [-0.4, -0.2) is 33.9 Å². The molecule has 0 saturated carbocycles. The van der Waals surface area contributed by atoms with Crippen molar-refractivity contribution in [2.75, 3.05) is 6.61 Å². The van der Waals surface area contributed by atoms with E-state index in [1.807, 2.05) is 0 Å². The molecule has 0 aromatic rings. The molecule has 0 aliphatic heterocycles. The molecule has 5 atom stereocenters. The van der Waals surface area contributed by atoms with Crippen molar-refractivity contribution >= 4 is 25.2 Å². The van der Waals surface area contributed by atoms with Crippen LogP contribution in [0.25, 0.3) is 0 Å². The monoisotopic (exact) mass is 188 g/mol. The van der Waals surface area contributed by atoms with E-state index in [4.69, 9.17) is 15.3 Å². The van der Waals surface area contributed by atoms with Crippen molar-refractivity contribution in [1.29, 1.82) is 0 Å². The van der Waals surface area contributed by atoms with Gasteiger partial charge >= 0.3 is 0 Å². The van der Waals surface area contributed by atoms with E-state index in [1.165, 1.54) is 0 Å². The molecule has 6 heteroatoms. The lowest BCUT2D eigenvalue weighted by atomic mass is 10.4. The molecule has 0 amide bonds. The van der Waals surface area contributed by atoms with Gasteiger partial charge in [0.05, 0.1) is 6.61 Å². The molecule has 0 heterocycles. The molecular formula is C3H11O3P3. The molecule has 0 aliphatic rings. The molecule has 56 valence electrons. The second-order valence-electron chi connectivity index (χ2n) is 1.48. The Bertz CT molecular complexity index is 71.3. The van der Waals surface area contributed by atoms with Gasteiger partial charge in [-0.1, -0.05) is 16.2 Å². The van der Waals surface area contributed by atoms with Crippen LogP contribution >= 0.6 is 25.2 Å². The summed E-state index contributed by atoms with van der Waals surface area (Å²) in [4.78, 5) is 0. The minimum atomic E-state index is -0.962. The first-order valence-corrected chi connectivity index (χ1v) is 7.29. The Labute approximate surface area is 59.8 Å². The van der Waals surface area contributed by atoms with Crippen LogP contribution < -0.4 is 0 Å². The first-order chi connectivity index (χ1) is 4.22. The molecule has 0 radical (unpaired) electrons. The fourth-order valence-corrected chi connectivity index (χ4v) is 3.38. The topological polar surface area (TPSA) is 60.7 Å². The lowest BCUT2D eigenvalue weighted by molar-refractivity contribution is 0.0276. The lowest BCUT2D eigenvalue weighted by Gasteiger charge is -2.13. The van der Waals surface area contributed by atoms with Crippen molar-refractivity contribution in [3.8, 4) is 0 Å². The zero-order chi connectivity index (χ0) is 7.28. The summed E-state index contributed by atoms with van der Waals surface area (Å²) in [5.74, 6) is -0.745. The SMILES string of the molecule is OCC(O)C(O)PPP. The zero-order valence-corrected chi connectivity index (χ0v) is 7.94. The van der Waals surface area contributed by atoms with Gasteiger partial charge in [-0.15, -0.1) is 8.93 Å². The first-order valence-electron chi connectivity index (χ1n) is 2.40. The van der Waals surface area contributed by atoms with Gasteiger partial charge in [0, 0.05) is 0 Å². The van der Waals surface area contributed by atoms with Crippen molar-refractivity contribution in [1.82, 2.24) is 0 Å². The summed E-state index contributed by atoms with van der Waals surface area (Å²) in [6.07, 6.45) is -0.962. The zero-order valence-electron chi connectivity index (χ0n) is 4.78. The quantitative estimate of drug-likeness (QED) is 0.531. The molecular weight excluding hydrogens is 177 g/mol. The Balaban J connectivity index is 3.32. The molecule has 5 unspecified atom stereocenters. The third kappa shape index (κ3) is 4.56. The van der Waals surface area contributed by atoms with Gasteiger partial charge in [-0.2, -0.15) is 0 Å². The van der Waals surface area contributed by atoms with Crippen LogP contribution in [0.4, 0.5) is 0 Å². The van der Waals surface area contributed by atoms with Crippen molar-refractivity contribution in [2.24, 2.45) is 0 Å². The number of hydrogen-bond donors (Lipinski definition) is 3. The smallest absolute Gasteiger partial charge is 0.107 e. The number of rotatable bonds is 4. The highest BCUT2D eigenvalue weighted by atomic mass is 32.4. The van der Waals surface area contributed by atoms with Gasteiger partial charge in [-0.25, -0.2) is 0 Å². The predicted octanol–water partition coefficient (Wildman–Crippen LogP) is -0.280. The van der Waals surface area contributed by atoms with E-state index in [2.05, 4.69) is 8.93 Å². The summed E-state index contributed by atoms with van der Waals surface area (Å²) in [5, 5.41) is 26.0. The van der Waals surface area contributed by atoms with Crippen molar-refractivity contribution < 1.29 is 15.3 Å². The molecule has 0 saturated heterocycles. The van der Waals surface area contributed by atoms with Crippen LogP contribution in [0.15, 0.2) is 0 Å². The molecule has 0 rings (SSSR count). The average molecular weight is 188 g/mol. The molecule has 0 aliphatic carbocycles. The highest BCUT2D eigenvalue weighted by molar-refractivity contribution is 8.39. The molecule has 9 heavy (non-hydrogen) atoms. The minimum Gasteiger partial charge on any atom is -0.394 e. The van der Waals surface area contributed by atoms with Gasteiger partial charge < -0.3 is 15.3 Å². The fraction of sp³-hybridized carbons (Fsp3) is 1.00. The van der Waals surface area contributed by atoms with Crippen LogP contribution in [0.5, 0.6) is 0 Å². The number of aliphatic hydroxyl groups excluding tert-OH is 3. The molecule has 0 bridgehead atoms. The highest BCUT2D eigenvalue weighted by Crippen LogP contribution is 2.46. The third-order valence-corrected chi connectivity index (χ3v) is 4.52. The van der Waals surface area contributed by atoms with Crippen LogP contribution in [0, 0.1) is 0 Å². The van der Waals surface area contributed by atoms with E-state index in [1.54, 1.807) is 0 Å². The molecule has 0 fully saturated rings. The van der Waals surface area contributed by atoms with E-state index in [0.717, 1.165) is 0 Å². The summed E-state index contributed by atoms with van der Waals surface area (Å²) in [6, 6.07) is 0. The van der Waals surface area contributed by atoms with Gasteiger partial charge in [0.1, 0.15) is 11.9 Å². The Kier molecular flexibility index (Phi) is 6.69. The van der Waals surface area contributed by atoms with Crippen molar-refractivity contribution in [3.63, 3.8) is 0 Å². The summed E-state index contributed by atoms with van der Waals surface area (Å²) in [6.45, 7) is -0.358. The Morgan fingerprint density at radius 1 is 1.44 bits per heavy atom. The average Bonchev–Trinajstić information content (AvgIpc) is 1.87. The van der Waals surface area contributed by atoms with E-state index in [9.17, 15) is 0 Å². The maximum atomic E-state index is 8.91. The second kappa shape index (κ2) is 5.92. The fourth-order valence-electron chi connectivity index (χ4n) is 0.281. The van der Waals surface area contributed by atoms with Crippen molar-refractivity contribution in [2.45, 2.75) is 11.9 Å². The van der Waals surface area contributed by atoms with Crippen molar-refractivity contribution in [3.05, 3.63) is 0 Å². The van der Waals surface area contributed by atoms with Gasteiger partial charge in [0.2, 0.25) is 0 Å². The van der Waals surface area contributed by atoms with Crippen LogP contribution in [0.1, 0.15) is 0 Å². The normalized spacial score (nSPS) is 20.0. The highest BCUT2D eigenvalue weighted by Gasteiger charge is 2.12. The number of hydrogen-bond acceptors (Lipinski definition) is 3. The number of aliphatic hydroxyl groups is 3. The molecule has 0 aromatic carbocycles. The van der Waals surface area contributed by atoms with Gasteiger partial charge in [-0.05, 0) is 0 Å². The maximum Gasteiger partial charge on any atom is 0.107 e. The standard InChI is InChI=1S/C3H11O3P3/c4-1-2(5)3(6)8-9-7/h2-6,8-9H,1,7H2. The molecule has 3 N–H and O–H groups in total. The maximum absolute atomic E-state index is 8.91. The summed E-state index contributed by atoms with van der Waals surface area (Å²) >= 11 is 0. The summed E-state index contributed by atoms with van der Waals surface area (Å²) in [5.41, 5.74) is 0. The van der Waals surface area contributed by atoms with Crippen LogP contribution in [0.2, 0.25) is 0 Å². The van der Waals surface area contributed by atoms with E-state index < -0.39 is 11.9 Å². The van der Waals surface area contributed by atoms with Gasteiger partial charge in [0.15, 0.2) is 0 Å². The Morgan fingerprint density at radius 2 is 2.00 bits per heavy atom. The van der Waals surface area contributed by atoms with Gasteiger partial charge in [-0.3, -0.25) is 0 Å². The molecule has 3 nitrogen and oxygen atoms in total. The summed E-state index contributed by atoms with van der Waals surface area (Å²) < 4.78 is 0. The Hall–Kier alpha value is 1.17.